The summed E-state index contributed by atoms with van der Waals surface area (Å²) in [5.74, 6) is 5.63. The van der Waals surface area contributed by atoms with Crippen LogP contribution in [0.15, 0.2) is 22.3 Å². The summed E-state index contributed by atoms with van der Waals surface area (Å²) in [5.41, 5.74) is 6.16. The molecule has 0 aromatic heterocycles. The van der Waals surface area contributed by atoms with Crippen LogP contribution in [0.4, 0.5) is 0 Å². The van der Waals surface area contributed by atoms with Gasteiger partial charge in [-0.3, -0.25) is 0 Å². The average molecular weight is 523 g/mol. The Balaban J connectivity index is -0.0000000499. The molecule has 0 spiro atoms. The van der Waals surface area contributed by atoms with Gasteiger partial charge in [0.15, 0.2) is 0 Å². The fourth-order valence-corrected chi connectivity index (χ4v) is 0.927. The molecule has 0 aromatic carbocycles. The Morgan fingerprint density at radius 2 is 0.960 bits per heavy atom. The molecule has 0 fully saturated rings. The van der Waals surface area contributed by atoms with Gasteiger partial charge < -0.3 is 0 Å². The van der Waals surface area contributed by atoms with Gasteiger partial charge in [-0.1, -0.05) is 77.7 Å². The van der Waals surface area contributed by atoms with Crippen molar-refractivity contribution < 1.29 is 21.1 Å². The van der Waals surface area contributed by atoms with Crippen molar-refractivity contribution in [1.82, 2.24) is 0 Å². The monoisotopic (exact) mass is 522 g/mol. The molecule has 0 bridgehead atoms. The zero-order chi connectivity index (χ0) is 20.9. The zero-order valence-electron chi connectivity index (χ0n) is 20.6. The molecule has 0 saturated heterocycles. The third kappa shape index (κ3) is 45.3. The van der Waals surface area contributed by atoms with Crippen molar-refractivity contribution in [2.75, 3.05) is 0 Å². The van der Waals surface area contributed by atoms with Gasteiger partial charge in [0.05, 0.1) is 0 Å². The SMILES string of the molecule is CC.CC.CC#CCC.CC(C)=C(C)C.CC(C)=C(C)C(C)(C)C.[W]. The normalized spacial score (nSPS) is 7.52. The Morgan fingerprint density at radius 3 is 0.960 bits per heavy atom. The van der Waals surface area contributed by atoms with Crippen molar-refractivity contribution in [3.05, 3.63) is 22.3 Å². The minimum atomic E-state index is 0. The van der Waals surface area contributed by atoms with E-state index in [1.165, 1.54) is 22.3 Å². The molecule has 0 nitrogen and oxygen atoms in total. The Bertz CT molecular complexity index is 343. The number of hydrogen-bond donors (Lipinski definition) is 0. The first kappa shape index (κ1) is 39.7. The summed E-state index contributed by atoms with van der Waals surface area (Å²) in [7, 11) is 0. The molecule has 25 heavy (non-hydrogen) atoms. The minimum Gasteiger partial charge on any atom is -0.107 e. The van der Waals surface area contributed by atoms with E-state index < -0.39 is 0 Å². The van der Waals surface area contributed by atoms with Gasteiger partial charge in [0.1, 0.15) is 0 Å². The molecule has 0 saturated carbocycles. The molecular formula is C24H50W. The van der Waals surface area contributed by atoms with E-state index >= 15 is 0 Å². The Morgan fingerprint density at radius 1 is 0.680 bits per heavy atom. The van der Waals surface area contributed by atoms with Crippen LogP contribution in [0.5, 0.6) is 0 Å². The van der Waals surface area contributed by atoms with E-state index in [-0.39, 0.29) is 21.1 Å². The Kier molecular flexibility index (Phi) is 45.3. The average Bonchev–Trinajstić information content (AvgIpc) is 2.51. The molecule has 0 heterocycles. The van der Waals surface area contributed by atoms with Crippen LogP contribution in [0, 0.1) is 17.3 Å². The van der Waals surface area contributed by atoms with Crippen molar-refractivity contribution in [3.63, 3.8) is 0 Å². The van der Waals surface area contributed by atoms with Crippen LogP contribution < -0.4 is 0 Å². The smallest absolute Gasteiger partial charge is 0.00601 e. The van der Waals surface area contributed by atoms with Crippen LogP contribution in [0.25, 0.3) is 0 Å². The summed E-state index contributed by atoms with van der Waals surface area (Å²) >= 11 is 0. The van der Waals surface area contributed by atoms with Crippen molar-refractivity contribution in [2.24, 2.45) is 5.41 Å². The Labute approximate surface area is 177 Å². The first-order chi connectivity index (χ1) is 10.9. The Hall–Kier alpha value is -0.272. The van der Waals surface area contributed by atoms with Gasteiger partial charge in [-0.2, -0.15) is 0 Å². The molecule has 0 rings (SSSR count). The molecule has 0 N–H and O–H groups in total. The predicted molar refractivity (Wildman–Crippen MR) is 120 cm³/mol. The molecule has 0 radical (unpaired) electrons. The number of hydrogen-bond acceptors (Lipinski definition) is 0. The van der Waals surface area contributed by atoms with E-state index in [4.69, 9.17) is 0 Å². The predicted octanol–water partition coefficient (Wildman–Crippen LogP) is 9.22. The first-order valence-corrected chi connectivity index (χ1v) is 9.56. The molecule has 0 aliphatic carbocycles. The second-order valence-corrected chi connectivity index (χ2v) is 6.66. The molecule has 0 aromatic rings. The number of rotatable bonds is 0. The van der Waals surface area contributed by atoms with Gasteiger partial charge in [0, 0.05) is 27.5 Å². The van der Waals surface area contributed by atoms with E-state index in [1.54, 1.807) is 0 Å². The summed E-state index contributed by atoms with van der Waals surface area (Å²) in [6, 6.07) is 0. The van der Waals surface area contributed by atoms with Crippen molar-refractivity contribution in [1.29, 1.82) is 0 Å². The summed E-state index contributed by atoms with van der Waals surface area (Å²) in [4.78, 5) is 0. The summed E-state index contributed by atoms with van der Waals surface area (Å²) in [6.07, 6.45) is 0.983. The summed E-state index contributed by atoms with van der Waals surface area (Å²) < 4.78 is 0. The third-order valence-corrected chi connectivity index (χ3v) is 3.23. The van der Waals surface area contributed by atoms with Crippen LogP contribution in [-0.4, -0.2) is 0 Å². The first-order valence-electron chi connectivity index (χ1n) is 9.56. The van der Waals surface area contributed by atoms with Crippen molar-refractivity contribution >= 4 is 0 Å². The standard InChI is InChI=1S/C9H18.C6H12.C5H8.2C2H6.W/c1-7(2)8(3)9(4,5)6;1-5(2)6(3)4;1-3-5-4-2;2*1-2;/h1-6H3;1-4H3;3H2,1-2H3;2*1-2H3;. The molecule has 1 heteroatoms. The molecule has 0 unspecified atom stereocenters. The maximum Gasteiger partial charge on any atom is 0.00601 e. The fourth-order valence-electron chi connectivity index (χ4n) is 0.927. The molecule has 0 aliphatic rings. The summed E-state index contributed by atoms with van der Waals surface area (Å²) in [5, 5.41) is 0. The van der Waals surface area contributed by atoms with Crippen molar-refractivity contribution in [2.45, 2.75) is 117 Å². The van der Waals surface area contributed by atoms with E-state index in [2.05, 4.69) is 81.1 Å². The molecule has 152 valence electrons. The summed E-state index contributed by atoms with van der Waals surface area (Å²) in [6.45, 7) is 33.6. The van der Waals surface area contributed by atoms with Crippen LogP contribution in [-0.2, 0) is 21.1 Å². The van der Waals surface area contributed by atoms with Gasteiger partial charge in [-0.05, 0) is 60.8 Å². The van der Waals surface area contributed by atoms with E-state index in [0.29, 0.717) is 5.41 Å². The molecule has 0 amide bonds. The van der Waals surface area contributed by atoms with Crippen molar-refractivity contribution in [3.8, 4) is 11.8 Å². The number of allylic oxidation sites excluding steroid dienone is 4. The fraction of sp³-hybridized carbons (Fsp3) is 0.750. The second kappa shape index (κ2) is 28.5. The zero-order valence-corrected chi connectivity index (χ0v) is 23.5. The van der Waals surface area contributed by atoms with Gasteiger partial charge >= 0.3 is 0 Å². The van der Waals surface area contributed by atoms with Gasteiger partial charge in [-0.15, -0.1) is 11.8 Å². The topological polar surface area (TPSA) is 0 Å². The van der Waals surface area contributed by atoms with Gasteiger partial charge in [0.2, 0.25) is 0 Å². The van der Waals surface area contributed by atoms with Crippen LogP contribution >= 0.6 is 0 Å². The third-order valence-electron chi connectivity index (χ3n) is 3.23. The van der Waals surface area contributed by atoms with Gasteiger partial charge in [-0.25, -0.2) is 0 Å². The van der Waals surface area contributed by atoms with E-state index in [1.807, 2.05) is 41.5 Å². The van der Waals surface area contributed by atoms with Crippen LogP contribution in [0.2, 0.25) is 0 Å². The minimum absolute atomic E-state index is 0. The van der Waals surface area contributed by atoms with Crippen LogP contribution in [0.1, 0.15) is 117 Å². The maximum absolute atomic E-state index is 2.86. The molecular weight excluding hydrogens is 472 g/mol. The maximum atomic E-state index is 2.86. The van der Waals surface area contributed by atoms with E-state index in [0.717, 1.165) is 6.42 Å². The quantitative estimate of drug-likeness (QED) is 0.220. The van der Waals surface area contributed by atoms with E-state index in [9.17, 15) is 0 Å². The molecule has 0 aliphatic heterocycles. The van der Waals surface area contributed by atoms with Crippen LogP contribution in [0.3, 0.4) is 0 Å². The molecule has 0 atom stereocenters. The van der Waals surface area contributed by atoms with Gasteiger partial charge in [0.25, 0.3) is 0 Å². The largest absolute Gasteiger partial charge is 0.107 e. The second-order valence-electron chi connectivity index (χ2n) is 6.66.